The number of hydrogen-bond donors (Lipinski definition) is 0. The normalized spacial score (nSPS) is 11.4. The molecule has 0 N–H and O–H groups in total. The SMILES string of the molecule is c1ccc(-c2oc(-c3ccc(CCCc4cccc(-c5oc(-c6ccccc6)c6ccccc56)c4)cc3)c3ccccc23)cc1. The predicted octanol–water partition coefficient (Wildman–Crippen LogP) is 12.0. The van der Waals surface area contributed by atoms with Gasteiger partial charge in [0.05, 0.1) is 0 Å². The van der Waals surface area contributed by atoms with Crippen LogP contribution in [0.1, 0.15) is 17.5 Å². The second-order valence-electron chi connectivity index (χ2n) is 11.6. The minimum Gasteiger partial charge on any atom is -0.455 e. The minimum atomic E-state index is 0.923. The first-order valence-corrected chi connectivity index (χ1v) is 15.6. The molecule has 2 aromatic heterocycles. The zero-order chi connectivity index (χ0) is 30.0. The standard InChI is InChI=1S/C43H32O2/c1-3-16-32(17-4-1)40-36-21-7-8-22-37(36)42(44-40)34-27-25-30(26-28-34)13-11-14-31-15-12-20-35(29-31)43-39-24-10-9-23-38(39)41(45-43)33-18-5-2-6-19-33/h1-10,12,15-29H,11,13-14H2. The predicted molar refractivity (Wildman–Crippen MR) is 186 cm³/mol. The zero-order valence-electron chi connectivity index (χ0n) is 24.9. The maximum atomic E-state index is 6.56. The molecule has 8 rings (SSSR count). The van der Waals surface area contributed by atoms with Crippen LogP contribution in [0.2, 0.25) is 0 Å². The number of rotatable bonds is 8. The molecule has 0 spiro atoms. The quantitative estimate of drug-likeness (QED) is 0.179. The van der Waals surface area contributed by atoms with Crippen LogP contribution in [0.25, 0.3) is 66.8 Å². The molecule has 216 valence electrons. The number of benzene rings is 6. The van der Waals surface area contributed by atoms with E-state index in [4.69, 9.17) is 8.83 Å². The van der Waals surface area contributed by atoms with Crippen molar-refractivity contribution >= 4 is 21.5 Å². The molecule has 0 saturated heterocycles. The summed E-state index contributed by atoms with van der Waals surface area (Å²) in [5.41, 5.74) is 7.07. The van der Waals surface area contributed by atoms with Crippen LogP contribution < -0.4 is 0 Å². The van der Waals surface area contributed by atoms with Gasteiger partial charge in [0.1, 0.15) is 23.0 Å². The number of furan rings is 2. The van der Waals surface area contributed by atoms with Crippen molar-refractivity contribution in [3.8, 4) is 45.3 Å². The molecule has 0 bridgehead atoms. The highest BCUT2D eigenvalue weighted by Crippen LogP contribution is 2.40. The van der Waals surface area contributed by atoms with Crippen LogP contribution in [0.3, 0.4) is 0 Å². The molecule has 45 heavy (non-hydrogen) atoms. The lowest BCUT2D eigenvalue weighted by atomic mass is 9.99. The summed E-state index contributed by atoms with van der Waals surface area (Å²) in [6.07, 6.45) is 3.09. The molecule has 0 unspecified atom stereocenters. The topological polar surface area (TPSA) is 26.3 Å². The Bertz CT molecular complexity index is 2220. The maximum Gasteiger partial charge on any atom is 0.142 e. The fourth-order valence-electron chi connectivity index (χ4n) is 6.41. The lowest BCUT2D eigenvalue weighted by Gasteiger charge is -2.06. The van der Waals surface area contributed by atoms with E-state index in [-0.39, 0.29) is 0 Å². The Morgan fingerprint density at radius 3 is 1.22 bits per heavy atom. The van der Waals surface area contributed by atoms with Gasteiger partial charge in [0, 0.05) is 43.8 Å². The van der Waals surface area contributed by atoms with E-state index in [1.165, 1.54) is 11.1 Å². The highest BCUT2D eigenvalue weighted by Gasteiger charge is 2.17. The minimum absolute atomic E-state index is 0.923. The highest BCUT2D eigenvalue weighted by molar-refractivity contribution is 6.03. The van der Waals surface area contributed by atoms with E-state index < -0.39 is 0 Å². The molecule has 2 nitrogen and oxygen atoms in total. The summed E-state index contributed by atoms with van der Waals surface area (Å²) in [4.78, 5) is 0. The van der Waals surface area contributed by atoms with Crippen molar-refractivity contribution < 1.29 is 8.83 Å². The van der Waals surface area contributed by atoms with Crippen LogP contribution in [0.15, 0.2) is 167 Å². The van der Waals surface area contributed by atoms with Gasteiger partial charge in [0.25, 0.3) is 0 Å². The summed E-state index contributed by atoms with van der Waals surface area (Å²) >= 11 is 0. The maximum absolute atomic E-state index is 6.56. The Morgan fingerprint density at radius 1 is 0.311 bits per heavy atom. The van der Waals surface area contributed by atoms with Crippen LogP contribution in [-0.4, -0.2) is 0 Å². The fourth-order valence-corrected chi connectivity index (χ4v) is 6.41. The van der Waals surface area contributed by atoms with Gasteiger partial charge in [0.2, 0.25) is 0 Å². The Balaban J connectivity index is 0.994. The molecule has 0 aliphatic carbocycles. The summed E-state index contributed by atoms with van der Waals surface area (Å²) in [5.74, 6) is 3.71. The lowest BCUT2D eigenvalue weighted by molar-refractivity contribution is 0.601. The number of aryl methyl sites for hydroxylation is 2. The van der Waals surface area contributed by atoms with Crippen LogP contribution in [0.5, 0.6) is 0 Å². The smallest absolute Gasteiger partial charge is 0.142 e. The Labute approximate surface area is 263 Å². The molecule has 0 amide bonds. The first-order chi connectivity index (χ1) is 22.3. The van der Waals surface area contributed by atoms with E-state index >= 15 is 0 Å². The van der Waals surface area contributed by atoms with Crippen molar-refractivity contribution in [2.24, 2.45) is 0 Å². The summed E-state index contributed by atoms with van der Waals surface area (Å²) in [5, 5.41) is 4.58. The lowest BCUT2D eigenvalue weighted by Crippen LogP contribution is -1.91. The highest BCUT2D eigenvalue weighted by atomic mass is 16.3. The molecule has 0 atom stereocenters. The number of fused-ring (bicyclic) bond motifs is 2. The second kappa shape index (κ2) is 11.8. The van der Waals surface area contributed by atoms with Gasteiger partial charge >= 0.3 is 0 Å². The third-order valence-electron chi connectivity index (χ3n) is 8.65. The van der Waals surface area contributed by atoms with Crippen LogP contribution >= 0.6 is 0 Å². The van der Waals surface area contributed by atoms with Gasteiger partial charge in [-0.2, -0.15) is 0 Å². The average Bonchev–Trinajstić information content (AvgIpc) is 3.69. The van der Waals surface area contributed by atoms with Crippen LogP contribution in [-0.2, 0) is 12.8 Å². The summed E-state index contributed by atoms with van der Waals surface area (Å²) in [6, 6.07) is 55.3. The van der Waals surface area contributed by atoms with E-state index in [9.17, 15) is 0 Å². The summed E-state index contributed by atoms with van der Waals surface area (Å²) in [7, 11) is 0. The van der Waals surface area contributed by atoms with E-state index in [2.05, 4.69) is 146 Å². The third kappa shape index (κ3) is 5.25. The molecule has 0 saturated carbocycles. The summed E-state index contributed by atoms with van der Waals surface area (Å²) in [6.45, 7) is 0. The molecule has 0 radical (unpaired) electrons. The Morgan fingerprint density at radius 2 is 0.711 bits per heavy atom. The first-order valence-electron chi connectivity index (χ1n) is 15.6. The Hall–Kier alpha value is -5.60. The van der Waals surface area contributed by atoms with Crippen molar-refractivity contribution in [3.63, 3.8) is 0 Å². The first kappa shape index (κ1) is 27.0. The molecular formula is C43H32O2. The average molecular weight is 581 g/mol. The molecule has 0 aliphatic rings. The van der Waals surface area contributed by atoms with E-state index in [0.717, 1.165) is 86.1 Å². The molecule has 8 aromatic rings. The van der Waals surface area contributed by atoms with E-state index in [0.29, 0.717) is 0 Å². The van der Waals surface area contributed by atoms with Crippen LogP contribution in [0, 0.1) is 0 Å². The van der Waals surface area contributed by atoms with Crippen molar-refractivity contribution in [1.29, 1.82) is 0 Å². The monoisotopic (exact) mass is 580 g/mol. The van der Waals surface area contributed by atoms with Crippen molar-refractivity contribution in [3.05, 3.63) is 169 Å². The van der Waals surface area contributed by atoms with Gasteiger partial charge in [-0.3, -0.25) is 0 Å². The van der Waals surface area contributed by atoms with Crippen LogP contribution in [0.4, 0.5) is 0 Å². The second-order valence-corrected chi connectivity index (χ2v) is 11.6. The Kier molecular flexibility index (Phi) is 7.09. The van der Waals surface area contributed by atoms with Crippen molar-refractivity contribution in [2.75, 3.05) is 0 Å². The molecule has 0 fully saturated rings. The van der Waals surface area contributed by atoms with Gasteiger partial charge in [-0.1, -0.05) is 152 Å². The molecule has 2 heterocycles. The molecular weight excluding hydrogens is 548 g/mol. The zero-order valence-corrected chi connectivity index (χ0v) is 24.9. The third-order valence-corrected chi connectivity index (χ3v) is 8.65. The largest absolute Gasteiger partial charge is 0.455 e. The number of hydrogen-bond acceptors (Lipinski definition) is 2. The molecule has 0 aliphatic heterocycles. The van der Waals surface area contributed by atoms with E-state index in [1.807, 2.05) is 12.1 Å². The van der Waals surface area contributed by atoms with E-state index in [1.54, 1.807) is 0 Å². The van der Waals surface area contributed by atoms with Crippen molar-refractivity contribution in [1.82, 2.24) is 0 Å². The van der Waals surface area contributed by atoms with Gasteiger partial charge in [-0.05, 0) is 36.5 Å². The summed E-state index contributed by atoms with van der Waals surface area (Å²) < 4.78 is 13.1. The van der Waals surface area contributed by atoms with Gasteiger partial charge in [-0.25, -0.2) is 0 Å². The van der Waals surface area contributed by atoms with Gasteiger partial charge in [-0.15, -0.1) is 0 Å². The fraction of sp³-hybridized carbons (Fsp3) is 0.0698. The van der Waals surface area contributed by atoms with Gasteiger partial charge in [0.15, 0.2) is 0 Å². The molecule has 6 aromatic carbocycles. The molecule has 2 heteroatoms. The van der Waals surface area contributed by atoms with Gasteiger partial charge < -0.3 is 8.83 Å². The van der Waals surface area contributed by atoms with Crippen molar-refractivity contribution in [2.45, 2.75) is 19.3 Å².